The van der Waals surface area contributed by atoms with E-state index in [0.29, 0.717) is 47.2 Å². The topological polar surface area (TPSA) is 88.5 Å². The molecule has 4 rings (SSSR count). The van der Waals surface area contributed by atoms with Gasteiger partial charge in [-0.25, -0.2) is 12.7 Å². The molecule has 0 saturated carbocycles. The van der Waals surface area contributed by atoms with E-state index in [1.165, 1.54) is 4.31 Å². The number of hydrogen-bond acceptors (Lipinski definition) is 5. The van der Waals surface area contributed by atoms with Gasteiger partial charge in [-0.15, -0.1) is 0 Å². The van der Waals surface area contributed by atoms with Crippen LogP contribution in [-0.2, 0) is 27.1 Å². The summed E-state index contributed by atoms with van der Waals surface area (Å²) in [6.45, 7) is 2.93. The summed E-state index contributed by atoms with van der Waals surface area (Å²) in [6, 6.07) is 10.2. The molecule has 11 heteroatoms. The summed E-state index contributed by atoms with van der Waals surface area (Å²) in [7, 11) is -3.71. The molecular formula is C22H23Cl2N3O4S2. The lowest BCUT2D eigenvalue weighted by atomic mass is 9.98. The first kappa shape index (κ1) is 24.2. The van der Waals surface area contributed by atoms with E-state index in [1.807, 2.05) is 13.0 Å². The highest BCUT2D eigenvalue weighted by Gasteiger charge is 2.33. The Bertz CT molecular complexity index is 1350. The Morgan fingerprint density at radius 2 is 1.94 bits per heavy atom. The number of thiazole rings is 1. The van der Waals surface area contributed by atoms with E-state index >= 15 is 0 Å². The van der Waals surface area contributed by atoms with Crippen LogP contribution in [0.15, 0.2) is 41.2 Å². The Morgan fingerprint density at radius 3 is 2.64 bits per heavy atom. The molecule has 33 heavy (non-hydrogen) atoms. The molecule has 0 bridgehead atoms. The lowest BCUT2D eigenvalue weighted by Gasteiger charge is -2.31. The van der Waals surface area contributed by atoms with Gasteiger partial charge in [0.15, 0.2) is 0 Å². The quantitative estimate of drug-likeness (QED) is 0.508. The number of amides is 1. The lowest BCUT2D eigenvalue weighted by molar-refractivity contribution is -0.120. The highest BCUT2D eigenvalue weighted by atomic mass is 35.5. The molecule has 1 amide bonds. The van der Waals surface area contributed by atoms with E-state index in [0.717, 1.165) is 21.6 Å². The predicted molar refractivity (Wildman–Crippen MR) is 134 cm³/mol. The second kappa shape index (κ2) is 9.76. The molecule has 176 valence electrons. The Balaban J connectivity index is 1.47. The minimum atomic E-state index is -3.71. The Kier molecular flexibility index (Phi) is 7.16. The third-order valence-electron chi connectivity index (χ3n) is 5.79. The zero-order chi connectivity index (χ0) is 23.8. The van der Waals surface area contributed by atoms with Crippen molar-refractivity contribution in [1.82, 2.24) is 8.87 Å². The van der Waals surface area contributed by atoms with Crippen molar-refractivity contribution in [2.45, 2.75) is 32.1 Å². The zero-order valence-corrected chi connectivity index (χ0v) is 21.0. The monoisotopic (exact) mass is 527 g/mol. The van der Waals surface area contributed by atoms with Gasteiger partial charge in [0.05, 0.1) is 21.9 Å². The van der Waals surface area contributed by atoms with Crippen molar-refractivity contribution in [3.63, 3.8) is 0 Å². The predicted octanol–water partition coefficient (Wildman–Crippen LogP) is 4.57. The summed E-state index contributed by atoms with van der Waals surface area (Å²) >= 11 is 13.4. The van der Waals surface area contributed by atoms with Gasteiger partial charge in [-0.2, -0.15) is 0 Å². The highest BCUT2D eigenvalue weighted by Crippen LogP contribution is 2.29. The highest BCUT2D eigenvalue weighted by molar-refractivity contribution is 7.88. The zero-order valence-electron chi connectivity index (χ0n) is 17.9. The summed E-state index contributed by atoms with van der Waals surface area (Å²) in [5.41, 5.74) is 1.78. The number of carbonyl (C=O) groups is 1. The van der Waals surface area contributed by atoms with Gasteiger partial charge in [0.2, 0.25) is 15.9 Å². The minimum absolute atomic E-state index is 0.0391. The molecule has 2 heterocycles. The summed E-state index contributed by atoms with van der Waals surface area (Å²) in [4.78, 5) is 25.0. The van der Waals surface area contributed by atoms with Crippen molar-refractivity contribution >= 4 is 66.4 Å². The standard InChI is InChI=1S/C22H23Cl2N3O4S2/c1-2-27-19-9-8-15(11-20(19)32-22(27)29)25-21(28)14-5-4-10-26(12-14)33(30,31)13-16-17(23)6-3-7-18(16)24/h3,6-9,11,14H,2,4-5,10,12-13H2,1H3,(H,25,28)/t14-/m1/s1. The maximum atomic E-state index is 13.0. The first-order chi connectivity index (χ1) is 15.7. The molecule has 1 fully saturated rings. The fourth-order valence-corrected chi connectivity index (χ4v) is 7.40. The second-order valence-corrected chi connectivity index (χ2v) is 11.7. The summed E-state index contributed by atoms with van der Waals surface area (Å²) < 4.78 is 29.9. The number of anilines is 1. The molecule has 0 aliphatic carbocycles. The Hall–Kier alpha value is -1.91. The van der Waals surface area contributed by atoms with E-state index in [-0.39, 0.29) is 23.1 Å². The van der Waals surface area contributed by atoms with Crippen molar-refractivity contribution in [3.05, 3.63) is 61.7 Å². The molecule has 1 atom stereocenters. The number of hydrogen-bond donors (Lipinski definition) is 1. The van der Waals surface area contributed by atoms with Crippen LogP contribution in [0.5, 0.6) is 0 Å². The first-order valence-electron chi connectivity index (χ1n) is 10.5. The maximum absolute atomic E-state index is 13.0. The van der Waals surface area contributed by atoms with Crippen LogP contribution in [0.4, 0.5) is 5.69 Å². The molecule has 1 aliphatic heterocycles. The smallest absolute Gasteiger partial charge is 0.308 e. The number of halogens is 2. The average molecular weight is 528 g/mol. The molecule has 0 radical (unpaired) electrons. The number of nitrogens with one attached hydrogen (secondary N) is 1. The van der Waals surface area contributed by atoms with Crippen LogP contribution in [0.1, 0.15) is 25.3 Å². The van der Waals surface area contributed by atoms with Crippen LogP contribution < -0.4 is 10.2 Å². The van der Waals surface area contributed by atoms with E-state index < -0.39 is 15.9 Å². The number of sulfonamides is 1. The van der Waals surface area contributed by atoms with Gasteiger partial charge in [0.1, 0.15) is 0 Å². The molecule has 3 aromatic rings. The Morgan fingerprint density at radius 1 is 1.21 bits per heavy atom. The average Bonchev–Trinajstić information content (AvgIpc) is 3.10. The van der Waals surface area contributed by atoms with Crippen LogP contribution in [0, 0.1) is 5.92 Å². The molecule has 0 unspecified atom stereocenters. The molecule has 1 saturated heterocycles. The molecule has 1 aliphatic rings. The molecule has 0 spiro atoms. The SMILES string of the molecule is CCn1c(=O)sc2cc(NC(=O)[C@@H]3CCCN(S(=O)(=O)Cc4c(Cl)cccc4Cl)C3)ccc21. The van der Waals surface area contributed by atoms with E-state index in [1.54, 1.807) is 34.9 Å². The third kappa shape index (κ3) is 5.12. The van der Waals surface area contributed by atoms with E-state index in [9.17, 15) is 18.0 Å². The molecule has 7 nitrogen and oxygen atoms in total. The van der Waals surface area contributed by atoms with Crippen molar-refractivity contribution in [2.24, 2.45) is 5.92 Å². The van der Waals surface area contributed by atoms with Crippen LogP contribution in [0.3, 0.4) is 0 Å². The number of aromatic nitrogens is 1. The second-order valence-electron chi connectivity index (χ2n) is 7.94. The Labute approximate surface area is 206 Å². The largest absolute Gasteiger partial charge is 0.326 e. The number of rotatable bonds is 6. The minimum Gasteiger partial charge on any atom is -0.326 e. The number of benzene rings is 2. The van der Waals surface area contributed by atoms with Gasteiger partial charge in [0, 0.05) is 40.9 Å². The summed E-state index contributed by atoms with van der Waals surface area (Å²) in [5.74, 6) is -1.04. The molecule has 1 N–H and O–H groups in total. The fraction of sp³-hybridized carbons (Fsp3) is 0.364. The van der Waals surface area contributed by atoms with Gasteiger partial charge in [0.25, 0.3) is 0 Å². The normalized spacial score (nSPS) is 17.4. The van der Waals surface area contributed by atoms with E-state index in [2.05, 4.69) is 5.32 Å². The maximum Gasteiger partial charge on any atom is 0.308 e. The summed E-state index contributed by atoms with van der Waals surface area (Å²) in [5, 5.41) is 3.48. The van der Waals surface area contributed by atoms with Crippen molar-refractivity contribution in [3.8, 4) is 0 Å². The number of aryl methyl sites for hydroxylation is 1. The van der Waals surface area contributed by atoms with Gasteiger partial charge in [-0.1, -0.05) is 40.6 Å². The van der Waals surface area contributed by atoms with Crippen LogP contribution >= 0.6 is 34.5 Å². The van der Waals surface area contributed by atoms with Gasteiger partial charge >= 0.3 is 4.87 Å². The third-order valence-corrected chi connectivity index (χ3v) is 9.21. The molecule has 1 aromatic heterocycles. The van der Waals surface area contributed by atoms with E-state index in [4.69, 9.17) is 23.2 Å². The number of carbonyl (C=O) groups excluding carboxylic acids is 1. The number of fused-ring (bicyclic) bond motifs is 1. The van der Waals surface area contributed by atoms with Gasteiger partial charge < -0.3 is 5.32 Å². The first-order valence-corrected chi connectivity index (χ1v) is 13.7. The van der Waals surface area contributed by atoms with Crippen LogP contribution in [0.2, 0.25) is 10.0 Å². The van der Waals surface area contributed by atoms with Gasteiger partial charge in [-0.3, -0.25) is 14.2 Å². The van der Waals surface area contributed by atoms with Crippen LogP contribution in [0.25, 0.3) is 10.2 Å². The fourth-order valence-electron chi connectivity index (χ4n) is 4.04. The lowest BCUT2D eigenvalue weighted by Crippen LogP contribution is -2.44. The van der Waals surface area contributed by atoms with Gasteiger partial charge in [-0.05, 0) is 50.1 Å². The van der Waals surface area contributed by atoms with Crippen molar-refractivity contribution in [2.75, 3.05) is 18.4 Å². The van der Waals surface area contributed by atoms with Crippen molar-refractivity contribution in [1.29, 1.82) is 0 Å². The summed E-state index contributed by atoms with van der Waals surface area (Å²) in [6.07, 6.45) is 1.17. The molecule has 2 aromatic carbocycles. The van der Waals surface area contributed by atoms with Crippen LogP contribution in [-0.4, -0.2) is 36.3 Å². The molecular weight excluding hydrogens is 505 g/mol. The number of piperidine rings is 1. The van der Waals surface area contributed by atoms with Crippen molar-refractivity contribution < 1.29 is 13.2 Å². The number of nitrogens with zero attached hydrogens (tertiary/aromatic N) is 2.